The van der Waals surface area contributed by atoms with E-state index in [1.807, 2.05) is 25.1 Å². The molecule has 0 aliphatic carbocycles. The third-order valence-corrected chi connectivity index (χ3v) is 6.36. The van der Waals surface area contributed by atoms with Gasteiger partial charge in [-0.15, -0.1) is 0 Å². The van der Waals surface area contributed by atoms with Crippen LogP contribution in [0.2, 0.25) is 0 Å². The highest BCUT2D eigenvalue weighted by molar-refractivity contribution is 9.10. The number of carbonyl (C=O) groups excluding carboxylic acids is 3. The van der Waals surface area contributed by atoms with Gasteiger partial charge in [0.05, 0.1) is 17.6 Å². The molecule has 1 amide bonds. The number of phenolic OH excluding ortho intramolecular Hbond substituents is 1. The molecular weight excluding hydrogens is 492 g/mol. The number of carbonyl (C=O) groups is 3. The number of ether oxygens (including phenoxy) is 1. The maximum Gasteiger partial charge on any atom is 0.291 e. The lowest BCUT2D eigenvalue weighted by atomic mass is 9.88. The van der Waals surface area contributed by atoms with Crippen molar-refractivity contribution in [3.63, 3.8) is 0 Å². The molecule has 2 heterocycles. The fourth-order valence-corrected chi connectivity index (χ4v) is 4.54. The van der Waals surface area contributed by atoms with Gasteiger partial charge in [-0.25, -0.2) is 0 Å². The number of Topliss-reactive ketones (excluding diaryl/α,β-unsaturated/α-hetero) is 2. The molecule has 9 heteroatoms. The number of para-hydroxylation sites is 1. The van der Waals surface area contributed by atoms with Gasteiger partial charge in [-0.1, -0.05) is 18.2 Å². The molecule has 4 rings (SSSR count). The van der Waals surface area contributed by atoms with E-state index in [1.54, 1.807) is 30.3 Å². The van der Waals surface area contributed by atoms with E-state index in [2.05, 4.69) is 15.9 Å². The molecule has 0 bridgehead atoms. The van der Waals surface area contributed by atoms with Crippen molar-refractivity contribution in [2.24, 2.45) is 5.92 Å². The van der Waals surface area contributed by atoms with Crippen molar-refractivity contribution in [1.82, 2.24) is 9.80 Å². The van der Waals surface area contributed by atoms with Gasteiger partial charge in [-0.05, 0) is 59.9 Å². The largest absolute Gasteiger partial charge is 0.503 e. The highest BCUT2D eigenvalue weighted by Gasteiger charge is 2.52. The molecule has 172 valence electrons. The summed E-state index contributed by atoms with van der Waals surface area (Å²) in [5, 5.41) is 11.0. The average Bonchev–Trinajstić information content (AvgIpc) is 3.33. The fourth-order valence-electron chi connectivity index (χ4n) is 4.08. The van der Waals surface area contributed by atoms with Gasteiger partial charge in [0.25, 0.3) is 5.91 Å². The number of hydrogen-bond acceptors (Lipinski definition) is 7. The molecule has 1 saturated heterocycles. The molecular formula is C24H23BrN2O6. The summed E-state index contributed by atoms with van der Waals surface area (Å²) in [5.74, 6) is -3.30. The number of rotatable bonds is 7. The smallest absolute Gasteiger partial charge is 0.291 e. The second-order valence-electron chi connectivity index (χ2n) is 8.15. The molecule has 0 saturated carbocycles. The van der Waals surface area contributed by atoms with Crippen molar-refractivity contribution in [3.8, 4) is 11.5 Å². The van der Waals surface area contributed by atoms with E-state index in [4.69, 9.17) is 9.15 Å². The zero-order valence-corrected chi connectivity index (χ0v) is 20.0. The number of aromatic hydroxyl groups is 1. The summed E-state index contributed by atoms with van der Waals surface area (Å²) in [6.07, 6.45) is 0. The second kappa shape index (κ2) is 8.99. The zero-order valence-electron chi connectivity index (χ0n) is 18.4. The van der Waals surface area contributed by atoms with E-state index in [-0.39, 0.29) is 23.8 Å². The van der Waals surface area contributed by atoms with Gasteiger partial charge in [0.15, 0.2) is 17.3 Å². The Kier molecular flexibility index (Phi) is 6.27. The van der Waals surface area contributed by atoms with Crippen LogP contribution in [-0.2, 0) is 9.59 Å². The van der Waals surface area contributed by atoms with Crippen LogP contribution in [0.15, 0.2) is 51.4 Å². The Labute approximate surface area is 198 Å². The lowest BCUT2D eigenvalue weighted by Gasteiger charge is -2.28. The number of methoxy groups -OCH3 is 1. The highest BCUT2D eigenvalue weighted by Crippen LogP contribution is 2.44. The maximum atomic E-state index is 13.6. The van der Waals surface area contributed by atoms with Gasteiger partial charge in [-0.2, -0.15) is 0 Å². The molecule has 3 aromatic rings. The number of amides is 1. The molecule has 2 unspecified atom stereocenters. The Morgan fingerprint density at radius 3 is 2.61 bits per heavy atom. The molecule has 0 spiro atoms. The molecule has 2 aromatic carbocycles. The van der Waals surface area contributed by atoms with Crippen LogP contribution in [0.5, 0.6) is 11.5 Å². The molecule has 33 heavy (non-hydrogen) atoms. The molecule has 1 aromatic heterocycles. The first kappa shape index (κ1) is 23.0. The van der Waals surface area contributed by atoms with Crippen LogP contribution in [0.3, 0.4) is 0 Å². The van der Waals surface area contributed by atoms with E-state index in [9.17, 15) is 19.5 Å². The minimum absolute atomic E-state index is 0.0200. The first-order chi connectivity index (χ1) is 15.7. The summed E-state index contributed by atoms with van der Waals surface area (Å²) >= 11 is 3.29. The summed E-state index contributed by atoms with van der Waals surface area (Å²) in [4.78, 5) is 43.0. The van der Waals surface area contributed by atoms with Crippen LogP contribution < -0.4 is 4.74 Å². The van der Waals surface area contributed by atoms with Crippen molar-refractivity contribution in [2.75, 3.05) is 34.3 Å². The number of hydrogen-bond donors (Lipinski definition) is 1. The van der Waals surface area contributed by atoms with Crippen molar-refractivity contribution in [2.45, 2.75) is 6.04 Å². The Hall–Kier alpha value is -3.17. The highest BCUT2D eigenvalue weighted by atomic mass is 79.9. The van der Waals surface area contributed by atoms with E-state index in [0.29, 0.717) is 22.2 Å². The molecule has 1 aliphatic heterocycles. The molecule has 8 nitrogen and oxygen atoms in total. The maximum absolute atomic E-state index is 13.6. The van der Waals surface area contributed by atoms with Crippen LogP contribution in [0.4, 0.5) is 0 Å². The first-order valence-corrected chi connectivity index (χ1v) is 11.1. The Balaban J connectivity index is 1.82. The summed E-state index contributed by atoms with van der Waals surface area (Å²) in [6.45, 7) is 0.740. The number of benzene rings is 2. The molecule has 1 N–H and O–H groups in total. The normalized spacial score (nSPS) is 18.5. The summed E-state index contributed by atoms with van der Waals surface area (Å²) in [6, 6.07) is 11.0. The van der Waals surface area contributed by atoms with E-state index >= 15 is 0 Å². The fraction of sp³-hybridized carbons (Fsp3) is 0.292. The molecule has 2 atom stereocenters. The lowest BCUT2D eigenvalue weighted by molar-refractivity contribution is -0.140. The van der Waals surface area contributed by atoms with Crippen LogP contribution in [0.25, 0.3) is 11.0 Å². The molecule has 0 radical (unpaired) electrons. The lowest BCUT2D eigenvalue weighted by Crippen LogP contribution is -2.36. The molecule has 1 fully saturated rings. The Morgan fingerprint density at radius 1 is 1.21 bits per heavy atom. The SMILES string of the molecule is COc1cc(C2C(C(=O)c3cc4ccccc4o3)C(=O)C(=O)N2CCN(C)C)cc(Br)c1O. The van der Waals surface area contributed by atoms with Crippen LogP contribution >= 0.6 is 15.9 Å². The second-order valence-corrected chi connectivity index (χ2v) is 9.01. The topological polar surface area (TPSA) is 100 Å². The summed E-state index contributed by atoms with van der Waals surface area (Å²) in [5.41, 5.74) is 1.01. The van der Waals surface area contributed by atoms with E-state index in [0.717, 1.165) is 5.39 Å². The van der Waals surface area contributed by atoms with Crippen molar-refractivity contribution < 1.29 is 28.6 Å². The van der Waals surface area contributed by atoms with Crippen molar-refractivity contribution in [3.05, 3.63) is 58.3 Å². The van der Waals surface area contributed by atoms with Crippen molar-refractivity contribution >= 4 is 44.4 Å². The summed E-state index contributed by atoms with van der Waals surface area (Å²) in [7, 11) is 5.11. The number of halogens is 1. The van der Waals surface area contributed by atoms with Crippen LogP contribution in [-0.4, -0.2) is 66.7 Å². The third-order valence-electron chi connectivity index (χ3n) is 5.76. The first-order valence-electron chi connectivity index (χ1n) is 10.3. The number of furan rings is 1. The van der Waals surface area contributed by atoms with Crippen LogP contribution in [0, 0.1) is 5.92 Å². The number of phenols is 1. The third kappa shape index (κ3) is 4.14. The van der Waals surface area contributed by atoms with Gasteiger partial charge in [0, 0.05) is 18.5 Å². The molecule has 1 aliphatic rings. The van der Waals surface area contributed by atoms with Gasteiger partial charge in [0.2, 0.25) is 11.6 Å². The Bertz CT molecular complexity index is 1220. The average molecular weight is 515 g/mol. The Morgan fingerprint density at radius 2 is 1.94 bits per heavy atom. The predicted octanol–water partition coefficient (Wildman–Crippen LogP) is 3.42. The van der Waals surface area contributed by atoms with Crippen LogP contribution in [0.1, 0.15) is 22.2 Å². The summed E-state index contributed by atoms with van der Waals surface area (Å²) < 4.78 is 11.3. The van der Waals surface area contributed by atoms with Gasteiger partial charge >= 0.3 is 0 Å². The number of fused-ring (bicyclic) bond motifs is 1. The zero-order chi connectivity index (χ0) is 23.9. The van der Waals surface area contributed by atoms with Gasteiger partial charge < -0.3 is 24.1 Å². The van der Waals surface area contributed by atoms with Crippen molar-refractivity contribution in [1.29, 1.82) is 0 Å². The monoisotopic (exact) mass is 514 g/mol. The minimum atomic E-state index is -1.29. The minimum Gasteiger partial charge on any atom is -0.503 e. The quantitative estimate of drug-likeness (QED) is 0.293. The van der Waals surface area contributed by atoms with E-state index in [1.165, 1.54) is 18.1 Å². The number of ketones is 2. The van der Waals surface area contributed by atoms with E-state index < -0.39 is 29.4 Å². The number of likely N-dealkylation sites (N-methyl/N-ethyl adjacent to an activating group) is 1. The predicted molar refractivity (Wildman–Crippen MR) is 124 cm³/mol. The number of likely N-dealkylation sites (tertiary alicyclic amines) is 1. The van der Waals surface area contributed by atoms with Gasteiger partial charge in [-0.3, -0.25) is 14.4 Å². The van der Waals surface area contributed by atoms with Gasteiger partial charge in [0.1, 0.15) is 11.5 Å². The standard InChI is InChI=1S/C24H23BrN2O6/c1-26(2)8-9-27-20(14-10-15(25)21(28)17(12-14)32-3)19(23(30)24(27)31)22(29)18-11-13-6-4-5-7-16(13)33-18/h4-7,10-12,19-20,28H,8-9H2,1-3H3. The number of nitrogens with zero attached hydrogens (tertiary/aromatic N) is 2.